The third-order valence-electron chi connectivity index (χ3n) is 3.58. The number of hydrogen-bond acceptors (Lipinski definition) is 2. The largest absolute Gasteiger partial charge is 0.481 e. The highest BCUT2D eigenvalue weighted by Gasteiger charge is 2.16. The van der Waals surface area contributed by atoms with Crippen LogP contribution in [0.3, 0.4) is 0 Å². The SMILES string of the molecule is N[C@H](CC(=O)O)c1c2ccccc2cc2ccccc12. The molecular formula is C17H15NO2. The van der Waals surface area contributed by atoms with Crippen molar-refractivity contribution in [2.45, 2.75) is 12.5 Å². The van der Waals surface area contributed by atoms with E-state index in [4.69, 9.17) is 10.8 Å². The number of nitrogens with two attached hydrogens (primary N) is 1. The zero-order valence-electron chi connectivity index (χ0n) is 10.9. The van der Waals surface area contributed by atoms with Gasteiger partial charge in [0, 0.05) is 6.04 Å². The van der Waals surface area contributed by atoms with Gasteiger partial charge < -0.3 is 10.8 Å². The summed E-state index contributed by atoms with van der Waals surface area (Å²) in [7, 11) is 0. The van der Waals surface area contributed by atoms with Crippen LogP contribution in [-0.4, -0.2) is 11.1 Å². The Labute approximate surface area is 116 Å². The van der Waals surface area contributed by atoms with Gasteiger partial charge in [0.15, 0.2) is 0 Å². The zero-order valence-corrected chi connectivity index (χ0v) is 10.9. The maximum atomic E-state index is 11.0. The van der Waals surface area contributed by atoms with Crippen LogP contribution in [0.25, 0.3) is 21.5 Å². The van der Waals surface area contributed by atoms with E-state index in [-0.39, 0.29) is 6.42 Å². The van der Waals surface area contributed by atoms with Gasteiger partial charge in [0.25, 0.3) is 0 Å². The van der Waals surface area contributed by atoms with Crippen LogP contribution in [0.5, 0.6) is 0 Å². The zero-order chi connectivity index (χ0) is 14.1. The molecule has 0 saturated carbocycles. The van der Waals surface area contributed by atoms with Gasteiger partial charge >= 0.3 is 5.97 Å². The van der Waals surface area contributed by atoms with Gasteiger partial charge in [0.1, 0.15) is 0 Å². The number of benzene rings is 3. The van der Waals surface area contributed by atoms with E-state index in [1.54, 1.807) is 0 Å². The molecule has 0 aliphatic carbocycles. The third kappa shape index (κ3) is 2.12. The fraction of sp³-hybridized carbons (Fsp3) is 0.118. The van der Waals surface area contributed by atoms with Crippen LogP contribution in [0.15, 0.2) is 54.6 Å². The van der Waals surface area contributed by atoms with Crippen LogP contribution >= 0.6 is 0 Å². The molecule has 0 aromatic heterocycles. The van der Waals surface area contributed by atoms with Crippen molar-refractivity contribution in [1.82, 2.24) is 0 Å². The van der Waals surface area contributed by atoms with Crippen molar-refractivity contribution in [1.29, 1.82) is 0 Å². The van der Waals surface area contributed by atoms with E-state index in [2.05, 4.69) is 6.07 Å². The molecule has 20 heavy (non-hydrogen) atoms. The fourth-order valence-electron chi connectivity index (χ4n) is 2.74. The Kier molecular flexibility index (Phi) is 3.12. The topological polar surface area (TPSA) is 63.3 Å². The summed E-state index contributed by atoms with van der Waals surface area (Å²) in [5.74, 6) is -0.880. The summed E-state index contributed by atoms with van der Waals surface area (Å²) >= 11 is 0. The van der Waals surface area contributed by atoms with E-state index in [9.17, 15) is 4.79 Å². The van der Waals surface area contributed by atoms with E-state index >= 15 is 0 Å². The third-order valence-corrected chi connectivity index (χ3v) is 3.58. The summed E-state index contributed by atoms with van der Waals surface area (Å²) < 4.78 is 0. The van der Waals surface area contributed by atoms with Crippen LogP contribution in [0.2, 0.25) is 0 Å². The molecular weight excluding hydrogens is 250 g/mol. The average Bonchev–Trinajstić information content (AvgIpc) is 2.43. The molecule has 3 N–H and O–H groups in total. The molecule has 0 amide bonds. The van der Waals surface area contributed by atoms with Crippen molar-refractivity contribution in [3.8, 4) is 0 Å². The second-order valence-electron chi connectivity index (χ2n) is 4.94. The van der Waals surface area contributed by atoms with Crippen LogP contribution in [0.1, 0.15) is 18.0 Å². The Morgan fingerprint density at radius 2 is 1.50 bits per heavy atom. The van der Waals surface area contributed by atoms with Crippen molar-refractivity contribution < 1.29 is 9.90 Å². The number of rotatable bonds is 3. The van der Waals surface area contributed by atoms with E-state index in [0.717, 1.165) is 27.1 Å². The van der Waals surface area contributed by atoms with Crippen molar-refractivity contribution >= 4 is 27.5 Å². The summed E-state index contributed by atoms with van der Waals surface area (Å²) in [5.41, 5.74) is 7.06. The molecule has 3 nitrogen and oxygen atoms in total. The molecule has 0 unspecified atom stereocenters. The highest BCUT2D eigenvalue weighted by molar-refractivity contribution is 6.02. The quantitative estimate of drug-likeness (QED) is 0.713. The molecule has 3 heteroatoms. The Morgan fingerprint density at radius 3 is 2.00 bits per heavy atom. The first-order chi connectivity index (χ1) is 9.66. The predicted molar refractivity (Wildman–Crippen MR) is 80.6 cm³/mol. The maximum absolute atomic E-state index is 11.0. The van der Waals surface area contributed by atoms with Gasteiger partial charge in [-0.1, -0.05) is 48.5 Å². The van der Waals surface area contributed by atoms with Crippen LogP contribution in [0.4, 0.5) is 0 Å². The lowest BCUT2D eigenvalue weighted by Crippen LogP contribution is -2.15. The van der Waals surface area contributed by atoms with Crippen molar-refractivity contribution in [3.05, 3.63) is 60.2 Å². The highest BCUT2D eigenvalue weighted by atomic mass is 16.4. The Morgan fingerprint density at radius 1 is 1.00 bits per heavy atom. The summed E-state index contributed by atoms with van der Waals surface area (Å²) in [6, 6.07) is 17.5. The Balaban J connectivity index is 2.35. The minimum atomic E-state index is -0.880. The molecule has 0 radical (unpaired) electrons. The molecule has 0 bridgehead atoms. The summed E-state index contributed by atoms with van der Waals surface area (Å²) in [6.45, 7) is 0. The molecule has 0 saturated heterocycles. The number of carboxylic acid groups (broad SMARTS) is 1. The predicted octanol–water partition coefficient (Wildman–Crippen LogP) is 3.47. The summed E-state index contributed by atoms with van der Waals surface area (Å²) in [4.78, 5) is 11.0. The van der Waals surface area contributed by atoms with Gasteiger partial charge in [0.2, 0.25) is 0 Å². The lowest BCUT2D eigenvalue weighted by molar-refractivity contribution is -0.137. The molecule has 100 valence electrons. The second kappa shape index (κ2) is 4.94. The van der Waals surface area contributed by atoms with E-state index in [1.165, 1.54) is 0 Å². The molecule has 3 aromatic rings. The Hall–Kier alpha value is -2.39. The normalized spacial score (nSPS) is 12.7. The van der Waals surface area contributed by atoms with Gasteiger partial charge in [-0.25, -0.2) is 0 Å². The van der Waals surface area contributed by atoms with E-state index in [0.29, 0.717) is 0 Å². The monoisotopic (exact) mass is 265 g/mol. The lowest BCUT2D eigenvalue weighted by atomic mass is 9.91. The van der Waals surface area contributed by atoms with Gasteiger partial charge in [-0.15, -0.1) is 0 Å². The molecule has 0 spiro atoms. The maximum Gasteiger partial charge on any atom is 0.305 e. The van der Waals surface area contributed by atoms with Gasteiger partial charge in [-0.2, -0.15) is 0 Å². The van der Waals surface area contributed by atoms with Crippen molar-refractivity contribution in [2.24, 2.45) is 5.73 Å². The summed E-state index contributed by atoms with van der Waals surface area (Å²) in [5, 5.41) is 13.2. The smallest absolute Gasteiger partial charge is 0.305 e. The van der Waals surface area contributed by atoms with Crippen LogP contribution < -0.4 is 5.73 Å². The van der Waals surface area contributed by atoms with Gasteiger partial charge in [0.05, 0.1) is 6.42 Å². The number of carboxylic acids is 1. The van der Waals surface area contributed by atoms with E-state index in [1.807, 2.05) is 48.5 Å². The molecule has 3 aromatic carbocycles. The number of aliphatic carboxylic acids is 1. The number of carbonyl (C=O) groups is 1. The lowest BCUT2D eigenvalue weighted by Gasteiger charge is -2.16. The van der Waals surface area contributed by atoms with Crippen molar-refractivity contribution in [2.75, 3.05) is 0 Å². The fourth-order valence-corrected chi connectivity index (χ4v) is 2.74. The standard InChI is InChI=1S/C17H15NO2/c18-15(10-16(19)20)17-13-7-3-1-5-11(13)9-12-6-2-4-8-14(12)17/h1-9,15H,10,18H2,(H,19,20)/t15-/m1/s1. The molecule has 0 aliphatic rings. The highest BCUT2D eigenvalue weighted by Crippen LogP contribution is 2.32. The number of fused-ring (bicyclic) bond motifs is 2. The Bertz CT molecular complexity index is 741. The van der Waals surface area contributed by atoms with Crippen LogP contribution in [-0.2, 0) is 4.79 Å². The minimum absolute atomic E-state index is 0.0714. The second-order valence-corrected chi connectivity index (χ2v) is 4.94. The van der Waals surface area contributed by atoms with Crippen LogP contribution in [0, 0.1) is 0 Å². The number of hydrogen-bond donors (Lipinski definition) is 2. The first-order valence-corrected chi connectivity index (χ1v) is 6.54. The van der Waals surface area contributed by atoms with E-state index < -0.39 is 12.0 Å². The minimum Gasteiger partial charge on any atom is -0.481 e. The van der Waals surface area contributed by atoms with Gasteiger partial charge in [-0.05, 0) is 33.2 Å². The van der Waals surface area contributed by atoms with Crippen molar-refractivity contribution in [3.63, 3.8) is 0 Å². The molecule has 3 rings (SSSR count). The molecule has 0 fully saturated rings. The summed E-state index contributed by atoms with van der Waals surface area (Å²) in [6.07, 6.45) is -0.0714. The molecule has 0 aliphatic heterocycles. The first-order valence-electron chi connectivity index (χ1n) is 6.54. The molecule has 1 atom stereocenters. The molecule has 0 heterocycles. The van der Waals surface area contributed by atoms with Gasteiger partial charge in [-0.3, -0.25) is 4.79 Å². The average molecular weight is 265 g/mol. The first kappa shape index (κ1) is 12.6.